The minimum Gasteiger partial charge on any atom is -0.484 e. The average molecular weight is 275 g/mol. The molecule has 0 saturated heterocycles. The number of carbonyl (C=O) groups excluding carboxylic acids is 2. The van der Waals surface area contributed by atoms with Gasteiger partial charge in [0, 0.05) is 18.5 Å². The molecule has 1 aromatic carbocycles. The fraction of sp³-hybridized carbons (Fsp3) is 0.500. The maximum absolute atomic E-state index is 11.8. The van der Waals surface area contributed by atoms with Gasteiger partial charge in [-0.25, -0.2) is 0 Å². The Kier molecular flexibility index (Phi) is 4.77. The number of Topliss-reactive ketones (excluding diaryl/α,β-unsaturated/α-hetero) is 1. The second kappa shape index (κ2) is 6.55. The molecule has 0 fully saturated rings. The minimum absolute atomic E-state index is 0.0142. The van der Waals surface area contributed by atoms with Crippen molar-refractivity contribution < 1.29 is 14.3 Å². The molecule has 1 aliphatic rings. The summed E-state index contributed by atoms with van der Waals surface area (Å²) < 4.78 is 5.45. The molecule has 0 aromatic heterocycles. The SMILES string of the molecule is CC(C)CNC(=O)COc1ccc2c(c1)C(=O)CCC2. The smallest absolute Gasteiger partial charge is 0.257 e. The molecule has 0 heterocycles. The van der Waals surface area contributed by atoms with E-state index in [9.17, 15) is 9.59 Å². The molecule has 0 spiro atoms. The lowest BCUT2D eigenvalue weighted by Crippen LogP contribution is -2.31. The number of amides is 1. The number of benzene rings is 1. The summed E-state index contributed by atoms with van der Waals surface area (Å²) in [5.74, 6) is 1.03. The molecule has 0 atom stereocenters. The van der Waals surface area contributed by atoms with Gasteiger partial charge in [0.15, 0.2) is 12.4 Å². The Labute approximate surface area is 119 Å². The summed E-state index contributed by atoms with van der Waals surface area (Å²) in [4.78, 5) is 23.4. The summed E-state index contributed by atoms with van der Waals surface area (Å²) >= 11 is 0. The third-order valence-electron chi connectivity index (χ3n) is 3.31. The molecule has 20 heavy (non-hydrogen) atoms. The van der Waals surface area contributed by atoms with Gasteiger partial charge in [-0.05, 0) is 36.5 Å². The number of hydrogen-bond acceptors (Lipinski definition) is 3. The van der Waals surface area contributed by atoms with E-state index in [2.05, 4.69) is 5.32 Å². The van der Waals surface area contributed by atoms with Gasteiger partial charge >= 0.3 is 0 Å². The summed E-state index contributed by atoms with van der Waals surface area (Å²) in [6.07, 6.45) is 2.46. The van der Waals surface area contributed by atoms with Crippen molar-refractivity contribution in [3.05, 3.63) is 29.3 Å². The molecule has 1 N–H and O–H groups in total. The van der Waals surface area contributed by atoms with Gasteiger partial charge < -0.3 is 10.1 Å². The standard InChI is InChI=1S/C16H21NO3/c1-11(2)9-17-16(19)10-20-13-7-6-12-4-3-5-15(18)14(12)8-13/h6-8,11H,3-5,9-10H2,1-2H3,(H,17,19). The Hall–Kier alpha value is -1.84. The molecular weight excluding hydrogens is 254 g/mol. The highest BCUT2D eigenvalue weighted by Crippen LogP contribution is 2.25. The van der Waals surface area contributed by atoms with E-state index in [0.717, 1.165) is 24.0 Å². The van der Waals surface area contributed by atoms with Crippen molar-refractivity contribution in [2.45, 2.75) is 33.1 Å². The van der Waals surface area contributed by atoms with Crippen molar-refractivity contribution in [3.8, 4) is 5.75 Å². The first kappa shape index (κ1) is 14.6. The van der Waals surface area contributed by atoms with Crippen LogP contribution in [-0.2, 0) is 11.2 Å². The number of ether oxygens (including phenoxy) is 1. The zero-order valence-corrected chi connectivity index (χ0v) is 12.1. The number of rotatable bonds is 5. The molecule has 1 amide bonds. The molecule has 4 heteroatoms. The Bertz CT molecular complexity index is 508. The van der Waals surface area contributed by atoms with Crippen LogP contribution in [0.15, 0.2) is 18.2 Å². The van der Waals surface area contributed by atoms with Gasteiger partial charge in [-0.15, -0.1) is 0 Å². The van der Waals surface area contributed by atoms with Gasteiger partial charge in [0.2, 0.25) is 0 Å². The summed E-state index contributed by atoms with van der Waals surface area (Å²) in [5, 5.41) is 2.79. The predicted molar refractivity (Wildman–Crippen MR) is 77.1 cm³/mol. The third-order valence-corrected chi connectivity index (χ3v) is 3.31. The second-order valence-corrected chi connectivity index (χ2v) is 5.58. The minimum atomic E-state index is -0.136. The second-order valence-electron chi connectivity index (χ2n) is 5.58. The van der Waals surface area contributed by atoms with Gasteiger partial charge in [-0.3, -0.25) is 9.59 Å². The van der Waals surface area contributed by atoms with E-state index < -0.39 is 0 Å². The summed E-state index contributed by atoms with van der Waals surface area (Å²) in [6.45, 7) is 4.71. The zero-order chi connectivity index (χ0) is 14.5. The fourth-order valence-corrected chi connectivity index (χ4v) is 2.21. The highest BCUT2D eigenvalue weighted by molar-refractivity contribution is 5.98. The quantitative estimate of drug-likeness (QED) is 0.897. The van der Waals surface area contributed by atoms with Crippen LogP contribution in [0.3, 0.4) is 0 Å². The number of aryl methyl sites for hydroxylation is 1. The first-order chi connectivity index (χ1) is 9.56. The van der Waals surface area contributed by atoms with Crippen molar-refractivity contribution in [2.24, 2.45) is 5.92 Å². The van der Waals surface area contributed by atoms with Crippen LogP contribution in [0.25, 0.3) is 0 Å². The lowest BCUT2D eigenvalue weighted by Gasteiger charge is -2.16. The average Bonchev–Trinajstić information content (AvgIpc) is 2.43. The topological polar surface area (TPSA) is 55.4 Å². The van der Waals surface area contributed by atoms with E-state index in [-0.39, 0.29) is 18.3 Å². The van der Waals surface area contributed by atoms with E-state index in [1.54, 1.807) is 6.07 Å². The first-order valence-corrected chi connectivity index (χ1v) is 7.12. The molecule has 4 nitrogen and oxygen atoms in total. The fourth-order valence-electron chi connectivity index (χ4n) is 2.21. The van der Waals surface area contributed by atoms with E-state index in [4.69, 9.17) is 4.74 Å². The number of ketones is 1. The van der Waals surface area contributed by atoms with Crippen molar-refractivity contribution in [1.82, 2.24) is 5.32 Å². The highest BCUT2D eigenvalue weighted by atomic mass is 16.5. The van der Waals surface area contributed by atoms with Gasteiger partial charge in [0.25, 0.3) is 5.91 Å². The van der Waals surface area contributed by atoms with Crippen LogP contribution in [0.2, 0.25) is 0 Å². The zero-order valence-electron chi connectivity index (χ0n) is 12.1. The molecular formula is C16H21NO3. The predicted octanol–water partition coefficient (Wildman–Crippen LogP) is 2.36. The van der Waals surface area contributed by atoms with Crippen molar-refractivity contribution in [3.63, 3.8) is 0 Å². The van der Waals surface area contributed by atoms with E-state index in [0.29, 0.717) is 24.6 Å². The van der Waals surface area contributed by atoms with Crippen LogP contribution in [0.5, 0.6) is 5.75 Å². The first-order valence-electron chi connectivity index (χ1n) is 7.12. The van der Waals surface area contributed by atoms with Crippen LogP contribution in [0.1, 0.15) is 42.6 Å². The maximum Gasteiger partial charge on any atom is 0.257 e. The molecule has 0 saturated carbocycles. The van der Waals surface area contributed by atoms with Gasteiger partial charge in [0.1, 0.15) is 5.75 Å². The Balaban J connectivity index is 1.92. The van der Waals surface area contributed by atoms with Gasteiger partial charge in [-0.2, -0.15) is 0 Å². The van der Waals surface area contributed by atoms with Gasteiger partial charge in [0.05, 0.1) is 0 Å². The molecule has 0 radical (unpaired) electrons. The van der Waals surface area contributed by atoms with Crippen LogP contribution in [0, 0.1) is 5.92 Å². The third kappa shape index (κ3) is 3.83. The van der Waals surface area contributed by atoms with Crippen molar-refractivity contribution >= 4 is 11.7 Å². The summed E-state index contributed by atoms with van der Waals surface area (Å²) in [5.41, 5.74) is 1.83. The monoisotopic (exact) mass is 275 g/mol. The van der Waals surface area contributed by atoms with Crippen molar-refractivity contribution in [2.75, 3.05) is 13.2 Å². The van der Waals surface area contributed by atoms with E-state index in [1.165, 1.54) is 0 Å². The Morgan fingerprint density at radius 3 is 2.90 bits per heavy atom. The molecule has 0 bridgehead atoms. The van der Waals surface area contributed by atoms with E-state index >= 15 is 0 Å². The lowest BCUT2D eigenvalue weighted by molar-refractivity contribution is -0.123. The molecule has 0 aliphatic heterocycles. The van der Waals surface area contributed by atoms with Crippen LogP contribution < -0.4 is 10.1 Å². The van der Waals surface area contributed by atoms with Crippen molar-refractivity contribution in [1.29, 1.82) is 0 Å². The van der Waals surface area contributed by atoms with Crippen LogP contribution >= 0.6 is 0 Å². The molecule has 1 aliphatic carbocycles. The maximum atomic E-state index is 11.8. The number of nitrogens with one attached hydrogen (secondary N) is 1. The highest BCUT2D eigenvalue weighted by Gasteiger charge is 2.17. The van der Waals surface area contributed by atoms with Crippen LogP contribution in [-0.4, -0.2) is 24.8 Å². The Morgan fingerprint density at radius 2 is 2.15 bits per heavy atom. The van der Waals surface area contributed by atoms with Crippen LogP contribution in [0.4, 0.5) is 0 Å². The summed E-state index contributed by atoms with van der Waals surface area (Å²) in [7, 11) is 0. The summed E-state index contributed by atoms with van der Waals surface area (Å²) in [6, 6.07) is 5.51. The Morgan fingerprint density at radius 1 is 1.35 bits per heavy atom. The molecule has 0 unspecified atom stereocenters. The number of hydrogen-bond donors (Lipinski definition) is 1. The van der Waals surface area contributed by atoms with Gasteiger partial charge in [-0.1, -0.05) is 19.9 Å². The number of fused-ring (bicyclic) bond motifs is 1. The molecule has 108 valence electrons. The normalized spacial score (nSPS) is 14.1. The largest absolute Gasteiger partial charge is 0.484 e. The number of carbonyl (C=O) groups is 2. The molecule has 1 aromatic rings. The molecule has 2 rings (SSSR count). The lowest BCUT2D eigenvalue weighted by atomic mass is 9.90. The van der Waals surface area contributed by atoms with E-state index in [1.807, 2.05) is 26.0 Å².